The summed E-state index contributed by atoms with van der Waals surface area (Å²) in [6.07, 6.45) is 1.17. The molecule has 0 saturated carbocycles. The molecule has 0 radical (unpaired) electrons. The Bertz CT molecular complexity index is 351. The number of ketones is 1. The van der Waals surface area contributed by atoms with E-state index in [1.54, 1.807) is 0 Å². The molecule has 0 unspecified atom stereocenters. The molecule has 1 aromatic rings. The number of nitrogens with one attached hydrogen (secondary N) is 1. The summed E-state index contributed by atoms with van der Waals surface area (Å²) in [4.78, 5) is 24.6. The molecule has 0 aliphatic rings. The van der Waals surface area contributed by atoms with E-state index in [4.69, 9.17) is 0 Å². The van der Waals surface area contributed by atoms with Crippen LogP contribution in [0.2, 0.25) is 0 Å². The number of esters is 1. The maximum atomic E-state index is 11.0. The van der Waals surface area contributed by atoms with Crippen LogP contribution >= 0.6 is 0 Å². The molecule has 13 heavy (non-hydrogen) atoms. The van der Waals surface area contributed by atoms with Crippen molar-refractivity contribution >= 4 is 11.8 Å². The Morgan fingerprint density at radius 2 is 2.08 bits per heavy atom. The molecule has 0 bridgehead atoms. The second-order valence-electron chi connectivity index (χ2n) is 2.35. The average Bonchev–Trinajstić information content (AvgIpc) is 2.64. The highest BCUT2D eigenvalue weighted by molar-refractivity contribution is 6.03. The van der Waals surface area contributed by atoms with Crippen molar-refractivity contribution in [2.75, 3.05) is 7.11 Å². The maximum absolute atomic E-state index is 11.0. The van der Waals surface area contributed by atoms with Crippen LogP contribution in [0.3, 0.4) is 0 Å². The lowest BCUT2D eigenvalue weighted by atomic mass is 10.3. The van der Waals surface area contributed by atoms with Crippen molar-refractivity contribution in [1.82, 2.24) is 4.98 Å². The first-order valence-corrected chi connectivity index (χ1v) is 3.63. The van der Waals surface area contributed by atoms with E-state index in [1.807, 2.05) is 0 Å². The first-order valence-electron chi connectivity index (χ1n) is 3.63. The summed E-state index contributed by atoms with van der Waals surface area (Å²) in [6, 6.07) is 3.00. The van der Waals surface area contributed by atoms with Gasteiger partial charge < -0.3 is 9.72 Å². The average molecular weight is 179 g/mol. The number of rotatable bonds is 3. The quantitative estimate of drug-likeness (QED) is 0.430. The third kappa shape index (κ3) is 1.84. The standard InChI is InChI=1S/C9H9NO3/c1-3-8(11)6-4-5-7(10-6)9(12)13-2/h3-5,10H,1H2,2H3. The van der Waals surface area contributed by atoms with E-state index in [9.17, 15) is 9.59 Å². The van der Waals surface area contributed by atoms with Crippen LogP contribution in [0.4, 0.5) is 0 Å². The van der Waals surface area contributed by atoms with Gasteiger partial charge in [-0.1, -0.05) is 6.58 Å². The van der Waals surface area contributed by atoms with E-state index < -0.39 is 5.97 Å². The summed E-state index contributed by atoms with van der Waals surface area (Å²) < 4.78 is 4.46. The van der Waals surface area contributed by atoms with E-state index in [2.05, 4.69) is 16.3 Å². The van der Waals surface area contributed by atoms with Gasteiger partial charge in [0.25, 0.3) is 0 Å². The fourth-order valence-electron chi connectivity index (χ4n) is 0.878. The van der Waals surface area contributed by atoms with Crippen molar-refractivity contribution in [3.63, 3.8) is 0 Å². The van der Waals surface area contributed by atoms with Crippen LogP contribution < -0.4 is 0 Å². The minimum Gasteiger partial charge on any atom is -0.464 e. The first kappa shape index (κ1) is 9.25. The van der Waals surface area contributed by atoms with Crippen molar-refractivity contribution in [3.05, 3.63) is 36.2 Å². The molecule has 68 valence electrons. The largest absolute Gasteiger partial charge is 0.464 e. The van der Waals surface area contributed by atoms with Gasteiger partial charge in [0.15, 0.2) is 0 Å². The van der Waals surface area contributed by atoms with Crippen LogP contribution in [0, 0.1) is 0 Å². The molecular weight excluding hydrogens is 170 g/mol. The number of carbonyl (C=O) groups is 2. The number of carbonyl (C=O) groups excluding carboxylic acids is 2. The summed E-state index contributed by atoms with van der Waals surface area (Å²) in [5, 5.41) is 0. The number of hydrogen-bond donors (Lipinski definition) is 1. The van der Waals surface area contributed by atoms with Gasteiger partial charge >= 0.3 is 5.97 Å². The summed E-state index contributed by atoms with van der Waals surface area (Å²) in [6.45, 7) is 3.33. The van der Waals surface area contributed by atoms with Crippen LogP contribution in [-0.2, 0) is 4.74 Å². The van der Waals surface area contributed by atoms with Gasteiger partial charge in [0.2, 0.25) is 5.78 Å². The van der Waals surface area contributed by atoms with Crippen molar-refractivity contribution in [2.45, 2.75) is 0 Å². The van der Waals surface area contributed by atoms with Crippen molar-refractivity contribution in [2.24, 2.45) is 0 Å². The van der Waals surface area contributed by atoms with Crippen molar-refractivity contribution in [3.8, 4) is 0 Å². The molecule has 1 heterocycles. The van der Waals surface area contributed by atoms with Crippen LogP contribution in [0.15, 0.2) is 24.8 Å². The molecule has 0 spiro atoms. The van der Waals surface area contributed by atoms with Gasteiger partial charge in [0, 0.05) is 0 Å². The van der Waals surface area contributed by atoms with E-state index in [0.717, 1.165) is 0 Å². The molecule has 0 amide bonds. The zero-order valence-electron chi connectivity index (χ0n) is 7.16. The predicted octanol–water partition coefficient (Wildman–Crippen LogP) is 1.17. The van der Waals surface area contributed by atoms with Crippen molar-refractivity contribution < 1.29 is 14.3 Å². The fraction of sp³-hybridized carbons (Fsp3) is 0.111. The molecule has 4 nitrogen and oxygen atoms in total. The van der Waals surface area contributed by atoms with Gasteiger partial charge in [-0.25, -0.2) is 4.79 Å². The van der Waals surface area contributed by atoms with Crippen LogP contribution in [-0.4, -0.2) is 23.8 Å². The van der Waals surface area contributed by atoms with E-state index in [0.29, 0.717) is 5.69 Å². The minimum atomic E-state index is -0.497. The summed E-state index contributed by atoms with van der Waals surface area (Å²) >= 11 is 0. The highest BCUT2D eigenvalue weighted by atomic mass is 16.5. The Hall–Kier alpha value is -1.84. The molecule has 0 aliphatic heterocycles. The molecule has 0 aliphatic carbocycles. The molecule has 0 atom stereocenters. The lowest BCUT2D eigenvalue weighted by molar-refractivity contribution is 0.0595. The van der Waals surface area contributed by atoms with Gasteiger partial charge in [-0.15, -0.1) is 0 Å². The highest BCUT2D eigenvalue weighted by Gasteiger charge is 2.10. The number of aromatic nitrogens is 1. The Morgan fingerprint density at radius 1 is 1.46 bits per heavy atom. The lowest BCUT2D eigenvalue weighted by Gasteiger charge is -1.93. The Kier molecular flexibility index (Phi) is 2.64. The molecule has 0 aromatic carbocycles. The molecule has 1 N–H and O–H groups in total. The minimum absolute atomic E-state index is 0.254. The zero-order chi connectivity index (χ0) is 9.84. The topological polar surface area (TPSA) is 59.2 Å². The van der Waals surface area contributed by atoms with Gasteiger partial charge in [-0.2, -0.15) is 0 Å². The monoisotopic (exact) mass is 179 g/mol. The Balaban J connectivity index is 2.92. The molecule has 1 rings (SSSR count). The SMILES string of the molecule is C=CC(=O)c1ccc(C(=O)OC)[nH]1. The van der Waals surface area contributed by atoms with Crippen LogP contribution in [0.5, 0.6) is 0 Å². The van der Waals surface area contributed by atoms with Crippen molar-refractivity contribution in [1.29, 1.82) is 0 Å². The van der Waals surface area contributed by atoms with Crippen LogP contribution in [0.25, 0.3) is 0 Å². The number of ether oxygens (including phenoxy) is 1. The Morgan fingerprint density at radius 3 is 2.62 bits per heavy atom. The zero-order valence-corrected chi connectivity index (χ0v) is 7.16. The second kappa shape index (κ2) is 3.71. The first-order chi connectivity index (χ1) is 6.19. The fourth-order valence-corrected chi connectivity index (χ4v) is 0.878. The predicted molar refractivity (Wildman–Crippen MR) is 46.7 cm³/mol. The molecule has 0 fully saturated rings. The van der Waals surface area contributed by atoms with Gasteiger partial charge in [-0.3, -0.25) is 4.79 Å². The summed E-state index contributed by atoms with van der Waals surface area (Å²) in [5.41, 5.74) is 0.586. The Labute approximate surface area is 75.2 Å². The second-order valence-corrected chi connectivity index (χ2v) is 2.35. The molecule has 4 heteroatoms. The van der Waals surface area contributed by atoms with E-state index in [1.165, 1.54) is 25.3 Å². The smallest absolute Gasteiger partial charge is 0.354 e. The third-order valence-corrected chi connectivity index (χ3v) is 1.54. The molecule has 0 saturated heterocycles. The third-order valence-electron chi connectivity index (χ3n) is 1.54. The summed E-state index contributed by atoms with van der Waals surface area (Å²) in [5.74, 6) is -0.752. The lowest BCUT2D eigenvalue weighted by Crippen LogP contribution is -2.02. The highest BCUT2D eigenvalue weighted by Crippen LogP contribution is 2.04. The van der Waals surface area contributed by atoms with Gasteiger partial charge in [-0.05, 0) is 18.2 Å². The van der Waals surface area contributed by atoms with E-state index >= 15 is 0 Å². The van der Waals surface area contributed by atoms with E-state index in [-0.39, 0.29) is 11.5 Å². The number of hydrogen-bond acceptors (Lipinski definition) is 3. The van der Waals surface area contributed by atoms with Gasteiger partial charge in [0.1, 0.15) is 5.69 Å². The van der Waals surface area contributed by atoms with Crippen LogP contribution in [0.1, 0.15) is 21.0 Å². The molecule has 1 aromatic heterocycles. The summed E-state index contributed by atoms with van der Waals surface area (Å²) in [7, 11) is 1.28. The number of allylic oxidation sites excluding steroid dienone is 1. The number of methoxy groups -OCH3 is 1. The number of H-pyrrole nitrogens is 1. The van der Waals surface area contributed by atoms with Gasteiger partial charge in [0.05, 0.1) is 12.8 Å². The molecular formula is C9H9NO3. The maximum Gasteiger partial charge on any atom is 0.354 e. The normalized spacial score (nSPS) is 9.31. The number of aromatic amines is 1.